The molecule has 1 heterocycles. The van der Waals surface area contributed by atoms with Gasteiger partial charge in [0.1, 0.15) is 0 Å². The van der Waals surface area contributed by atoms with Crippen LogP contribution in [0.25, 0.3) is 0 Å². The highest BCUT2D eigenvalue weighted by molar-refractivity contribution is 5.55. The van der Waals surface area contributed by atoms with Crippen LogP contribution in [-0.2, 0) is 6.42 Å². The number of rotatable bonds is 5. The summed E-state index contributed by atoms with van der Waals surface area (Å²) in [5.74, 6) is 0.0703. The fraction of sp³-hybridized carbons (Fsp3) is 0.308. The fourth-order valence-corrected chi connectivity index (χ4v) is 1.70. The van der Waals surface area contributed by atoms with Gasteiger partial charge in [0.2, 0.25) is 5.82 Å². The van der Waals surface area contributed by atoms with Crippen LogP contribution in [0.2, 0.25) is 0 Å². The summed E-state index contributed by atoms with van der Waals surface area (Å²) in [5, 5.41) is 8.69. The maximum atomic E-state index is 11.5. The molecule has 6 heteroatoms. The Balaban J connectivity index is 2.11. The topological polar surface area (TPSA) is 90.6 Å². The summed E-state index contributed by atoms with van der Waals surface area (Å²) in [5.41, 5.74) is 0.852. The molecule has 0 aliphatic rings. The van der Waals surface area contributed by atoms with Gasteiger partial charge in [-0.15, -0.1) is 5.10 Å². The molecule has 0 aliphatic carbocycles. The van der Waals surface area contributed by atoms with Gasteiger partial charge in [0.25, 0.3) is 5.56 Å². The Morgan fingerprint density at radius 2 is 1.95 bits per heavy atom. The molecule has 3 N–H and O–H groups in total. The lowest BCUT2D eigenvalue weighted by atomic mass is 10.1. The molecule has 0 spiro atoms. The van der Waals surface area contributed by atoms with E-state index in [1.165, 1.54) is 5.56 Å². The summed E-state index contributed by atoms with van der Waals surface area (Å²) in [6.45, 7) is 2.16. The van der Waals surface area contributed by atoms with Gasteiger partial charge < -0.3 is 5.32 Å². The van der Waals surface area contributed by atoms with E-state index in [0.717, 1.165) is 24.9 Å². The Morgan fingerprint density at radius 1 is 1.21 bits per heavy atom. The van der Waals surface area contributed by atoms with Gasteiger partial charge in [-0.2, -0.15) is 0 Å². The van der Waals surface area contributed by atoms with Gasteiger partial charge in [-0.1, -0.05) is 25.5 Å². The quantitative estimate of drug-likeness (QED) is 0.760. The zero-order chi connectivity index (χ0) is 13.7. The van der Waals surface area contributed by atoms with Crippen molar-refractivity contribution in [2.45, 2.75) is 26.2 Å². The maximum Gasteiger partial charge on any atom is 0.342 e. The molecular formula is C13H16N4O2. The largest absolute Gasteiger partial charge is 0.342 e. The van der Waals surface area contributed by atoms with E-state index in [2.05, 4.69) is 27.4 Å². The molecule has 0 aliphatic heterocycles. The van der Waals surface area contributed by atoms with Crippen LogP contribution in [-0.4, -0.2) is 15.2 Å². The van der Waals surface area contributed by atoms with E-state index in [4.69, 9.17) is 0 Å². The zero-order valence-corrected chi connectivity index (χ0v) is 10.7. The van der Waals surface area contributed by atoms with Crippen molar-refractivity contribution < 1.29 is 0 Å². The Kier molecular flexibility index (Phi) is 4.12. The lowest BCUT2D eigenvalue weighted by molar-refractivity contribution is 0.795. The molecule has 2 rings (SSSR count). The zero-order valence-electron chi connectivity index (χ0n) is 10.7. The van der Waals surface area contributed by atoms with Gasteiger partial charge in [-0.3, -0.25) is 9.78 Å². The number of anilines is 2. The first kappa shape index (κ1) is 13.1. The van der Waals surface area contributed by atoms with E-state index >= 15 is 0 Å². The van der Waals surface area contributed by atoms with Crippen molar-refractivity contribution in [3.05, 3.63) is 50.7 Å². The molecule has 0 saturated carbocycles. The molecule has 0 saturated heterocycles. The molecule has 0 fully saturated rings. The Hall–Kier alpha value is -2.37. The molecular weight excluding hydrogens is 244 g/mol. The van der Waals surface area contributed by atoms with Crippen LogP contribution >= 0.6 is 0 Å². The summed E-state index contributed by atoms with van der Waals surface area (Å²) in [7, 11) is 0. The van der Waals surface area contributed by atoms with Crippen LogP contribution in [0.15, 0.2) is 33.9 Å². The lowest BCUT2D eigenvalue weighted by Gasteiger charge is -2.05. The average Bonchev–Trinajstić information content (AvgIpc) is 2.41. The minimum Gasteiger partial charge on any atom is -0.334 e. The monoisotopic (exact) mass is 260 g/mol. The third kappa shape index (κ3) is 3.54. The fourth-order valence-electron chi connectivity index (χ4n) is 1.70. The SMILES string of the molecule is CCCCc1ccc(Nc2n[nH]c(=O)[nH]c2=O)cc1. The number of aromatic nitrogens is 3. The van der Waals surface area contributed by atoms with Crippen molar-refractivity contribution in [2.75, 3.05) is 5.32 Å². The number of nitrogens with one attached hydrogen (secondary N) is 3. The second kappa shape index (κ2) is 5.99. The van der Waals surface area contributed by atoms with E-state index < -0.39 is 11.2 Å². The summed E-state index contributed by atoms with van der Waals surface area (Å²) < 4.78 is 0. The van der Waals surface area contributed by atoms with Gasteiger partial charge in [-0.25, -0.2) is 9.89 Å². The van der Waals surface area contributed by atoms with Gasteiger partial charge in [0.15, 0.2) is 0 Å². The predicted octanol–water partition coefficient (Wildman–Crippen LogP) is 1.54. The number of H-pyrrole nitrogens is 2. The van der Waals surface area contributed by atoms with Crippen LogP contribution in [0.3, 0.4) is 0 Å². The Bertz CT molecular complexity index is 643. The van der Waals surface area contributed by atoms with Crippen molar-refractivity contribution in [3.8, 4) is 0 Å². The number of unbranched alkanes of at least 4 members (excludes halogenated alkanes) is 1. The van der Waals surface area contributed by atoms with Crippen LogP contribution in [0, 0.1) is 0 Å². The van der Waals surface area contributed by atoms with E-state index in [-0.39, 0.29) is 5.82 Å². The Labute approximate surface area is 109 Å². The molecule has 6 nitrogen and oxygen atoms in total. The number of nitrogens with zero attached hydrogens (tertiary/aromatic N) is 1. The van der Waals surface area contributed by atoms with Crippen molar-refractivity contribution >= 4 is 11.5 Å². The molecule has 1 aromatic heterocycles. The first-order valence-electron chi connectivity index (χ1n) is 6.24. The smallest absolute Gasteiger partial charge is 0.334 e. The van der Waals surface area contributed by atoms with Gasteiger partial charge in [0, 0.05) is 5.69 Å². The van der Waals surface area contributed by atoms with Crippen LogP contribution in [0.1, 0.15) is 25.3 Å². The molecule has 0 atom stereocenters. The van der Waals surface area contributed by atoms with E-state index in [1.54, 1.807) is 0 Å². The molecule has 100 valence electrons. The second-order valence-electron chi connectivity index (χ2n) is 4.28. The third-order valence-electron chi connectivity index (χ3n) is 2.75. The molecule has 2 aromatic rings. The van der Waals surface area contributed by atoms with Crippen LogP contribution in [0.4, 0.5) is 11.5 Å². The van der Waals surface area contributed by atoms with Gasteiger partial charge in [0.05, 0.1) is 0 Å². The number of aromatic amines is 2. The highest BCUT2D eigenvalue weighted by atomic mass is 16.2. The molecule has 1 aromatic carbocycles. The normalized spacial score (nSPS) is 10.4. The minimum absolute atomic E-state index is 0.0703. The minimum atomic E-state index is -0.620. The average molecular weight is 260 g/mol. The standard InChI is InChI=1S/C13H16N4O2/c1-2-3-4-9-5-7-10(8-6-9)14-11-12(18)15-13(19)17-16-11/h5-8H,2-4H2,1H3,(H,14,16)(H2,15,17,18,19). The maximum absolute atomic E-state index is 11.5. The number of hydrogen-bond acceptors (Lipinski definition) is 4. The number of benzene rings is 1. The van der Waals surface area contributed by atoms with Crippen molar-refractivity contribution in [1.82, 2.24) is 15.2 Å². The van der Waals surface area contributed by atoms with E-state index in [0.29, 0.717) is 0 Å². The van der Waals surface area contributed by atoms with E-state index in [9.17, 15) is 9.59 Å². The lowest BCUT2D eigenvalue weighted by Crippen LogP contribution is -2.25. The Morgan fingerprint density at radius 3 is 2.58 bits per heavy atom. The molecule has 0 bridgehead atoms. The summed E-state index contributed by atoms with van der Waals surface area (Å²) in [6, 6.07) is 7.80. The molecule has 0 unspecified atom stereocenters. The molecule has 19 heavy (non-hydrogen) atoms. The third-order valence-corrected chi connectivity index (χ3v) is 2.75. The first-order chi connectivity index (χ1) is 9.19. The second-order valence-corrected chi connectivity index (χ2v) is 4.28. The summed E-state index contributed by atoms with van der Waals surface area (Å²) in [6.07, 6.45) is 3.37. The van der Waals surface area contributed by atoms with Crippen LogP contribution in [0.5, 0.6) is 0 Å². The molecule has 0 radical (unpaired) electrons. The molecule has 0 amide bonds. The van der Waals surface area contributed by atoms with Crippen molar-refractivity contribution in [1.29, 1.82) is 0 Å². The van der Waals surface area contributed by atoms with Crippen LogP contribution < -0.4 is 16.6 Å². The van der Waals surface area contributed by atoms with Gasteiger partial charge in [-0.05, 0) is 30.5 Å². The van der Waals surface area contributed by atoms with Crippen molar-refractivity contribution in [3.63, 3.8) is 0 Å². The van der Waals surface area contributed by atoms with Gasteiger partial charge >= 0.3 is 5.69 Å². The van der Waals surface area contributed by atoms with Crippen molar-refractivity contribution in [2.24, 2.45) is 0 Å². The number of aryl methyl sites for hydroxylation is 1. The predicted molar refractivity (Wildman–Crippen MR) is 73.8 cm³/mol. The summed E-state index contributed by atoms with van der Waals surface area (Å²) in [4.78, 5) is 24.4. The number of hydrogen-bond donors (Lipinski definition) is 3. The van der Waals surface area contributed by atoms with E-state index in [1.807, 2.05) is 24.3 Å². The highest BCUT2D eigenvalue weighted by Crippen LogP contribution is 2.13. The first-order valence-corrected chi connectivity index (χ1v) is 6.24. The highest BCUT2D eigenvalue weighted by Gasteiger charge is 2.02. The summed E-state index contributed by atoms with van der Waals surface area (Å²) >= 11 is 0.